The fourth-order valence-corrected chi connectivity index (χ4v) is 3.72. The first-order valence-electron chi connectivity index (χ1n) is 9.13. The van der Waals surface area contributed by atoms with E-state index in [2.05, 4.69) is 15.3 Å². The number of aliphatic imine (C=N–C) groups is 1. The number of pyridine rings is 1. The van der Waals surface area contributed by atoms with E-state index in [0.717, 1.165) is 0 Å². The molecular weight excluding hydrogens is 403 g/mol. The minimum absolute atomic E-state index is 0.0380. The molecule has 1 aliphatic heterocycles. The van der Waals surface area contributed by atoms with E-state index in [1.807, 2.05) is 0 Å². The first kappa shape index (κ1) is 19.8. The van der Waals surface area contributed by atoms with Gasteiger partial charge in [0.15, 0.2) is 5.69 Å². The van der Waals surface area contributed by atoms with Crippen LogP contribution in [0.2, 0.25) is 0 Å². The summed E-state index contributed by atoms with van der Waals surface area (Å²) in [6, 6.07) is 10.5. The smallest absolute Gasteiger partial charge is 0.433 e. The normalized spacial score (nSPS) is 21.0. The Labute approximate surface area is 170 Å². The Morgan fingerprint density at radius 3 is 2.45 bits per heavy atom. The quantitative estimate of drug-likeness (QED) is 0.684. The maximum absolute atomic E-state index is 13.9. The summed E-state index contributed by atoms with van der Waals surface area (Å²) < 4.78 is 47.1. The highest BCUT2D eigenvalue weighted by molar-refractivity contribution is 7.80. The summed E-state index contributed by atoms with van der Waals surface area (Å²) in [4.78, 5) is 8.24. The number of nitrogens with one attached hydrogen (secondary N) is 1. The molecule has 2 aliphatic rings. The van der Waals surface area contributed by atoms with Crippen molar-refractivity contribution in [1.29, 1.82) is 0 Å². The number of aromatic nitrogens is 1. The van der Waals surface area contributed by atoms with Gasteiger partial charge in [0.05, 0.1) is 11.9 Å². The van der Waals surface area contributed by atoms with Crippen molar-refractivity contribution in [1.82, 2.24) is 10.3 Å². The van der Waals surface area contributed by atoms with Crippen molar-refractivity contribution in [2.24, 2.45) is 10.9 Å². The number of hydrogen-bond acceptors (Lipinski definition) is 5. The molecule has 4 rings (SSSR count). The van der Waals surface area contributed by atoms with Crippen molar-refractivity contribution in [3.63, 3.8) is 0 Å². The van der Waals surface area contributed by atoms with Gasteiger partial charge in [-0.2, -0.15) is 13.2 Å². The van der Waals surface area contributed by atoms with Gasteiger partial charge in [0, 0.05) is 18.1 Å². The molecule has 1 aromatic carbocycles. The number of rotatable bonds is 6. The molecule has 5 nitrogen and oxygen atoms in total. The van der Waals surface area contributed by atoms with Gasteiger partial charge < -0.3 is 15.2 Å². The fourth-order valence-electron chi connectivity index (χ4n) is 3.53. The number of para-hydroxylation sites is 1. The highest BCUT2D eigenvalue weighted by Crippen LogP contribution is 2.51. The number of aliphatic hydroxyl groups is 1. The van der Waals surface area contributed by atoms with E-state index in [4.69, 9.17) is 17.0 Å². The van der Waals surface area contributed by atoms with Crippen molar-refractivity contribution in [3.8, 4) is 11.6 Å². The van der Waals surface area contributed by atoms with Crippen molar-refractivity contribution in [2.45, 2.75) is 37.1 Å². The van der Waals surface area contributed by atoms with Crippen LogP contribution in [-0.2, 0) is 11.8 Å². The van der Waals surface area contributed by atoms with Crippen molar-refractivity contribution in [3.05, 3.63) is 53.7 Å². The molecule has 2 N–H and O–H groups in total. The maximum atomic E-state index is 13.9. The molecule has 2 atom stereocenters. The van der Waals surface area contributed by atoms with Gasteiger partial charge in [0.1, 0.15) is 16.8 Å². The highest BCUT2D eigenvalue weighted by Gasteiger charge is 2.51. The second-order valence-corrected chi connectivity index (χ2v) is 7.60. The Hall–Kier alpha value is -2.52. The fraction of sp³-hybridized carbons (Fsp3) is 0.350. The lowest BCUT2D eigenvalue weighted by atomic mass is 9.82. The maximum Gasteiger partial charge on any atom is 0.433 e. The second kappa shape index (κ2) is 7.38. The average molecular weight is 421 g/mol. The topological polar surface area (TPSA) is 66.7 Å². The number of benzene rings is 1. The minimum Gasteiger partial charge on any atom is -0.439 e. The van der Waals surface area contributed by atoms with E-state index >= 15 is 0 Å². The standard InChI is InChI=1S/C20H18F3N3O2S/c21-20(22,23)17-14(8-9-16(26-17)28-13-4-2-1-3-5-13)19(27,12-6-7-12)10-15-18(29)25-11-24-15/h1-5,8-9,11-12,15,27H,6-7,10H2,(H,24,25,29). The number of thiocarbonyl (C=S) groups is 1. The zero-order chi connectivity index (χ0) is 20.6. The average Bonchev–Trinajstić information content (AvgIpc) is 3.47. The Bertz CT molecular complexity index is 948. The van der Waals surface area contributed by atoms with Crippen molar-refractivity contribution < 1.29 is 23.0 Å². The molecule has 29 heavy (non-hydrogen) atoms. The highest BCUT2D eigenvalue weighted by atomic mass is 32.1. The molecule has 2 unspecified atom stereocenters. The summed E-state index contributed by atoms with van der Waals surface area (Å²) in [5.41, 5.74) is -3.15. The molecule has 2 heterocycles. The Balaban J connectivity index is 1.72. The third-order valence-electron chi connectivity index (χ3n) is 5.09. The molecule has 152 valence electrons. The number of nitrogens with zero attached hydrogens (tertiary/aromatic N) is 2. The zero-order valence-corrected chi connectivity index (χ0v) is 16.0. The molecule has 9 heteroatoms. The van der Waals surface area contributed by atoms with Gasteiger partial charge in [0.25, 0.3) is 0 Å². The third-order valence-corrected chi connectivity index (χ3v) is 5.48. The lowest BCUT2D eigenvalue weighted by Gasteiger charge is -2.32. The Morgan fingerprint density at radius 1 is 1.14 bits per heavy atom. The van der Waals surface area contributed by atoms with Crippen LogP contribution in [-0.4, -0.2) is 27.5 Å². The summed E-state index contributed by atoms with van der Waals surface area (Å²) >= 11 is 5.16. The first-order valence-corrected chi connectivity index (χ1v) is 9.54. The summed E-state index contributed by atoms with van der Waals surface area (Å²) in [5.74, 6) is -0.124. The molecular formula is C20H18F3N3O2S. The lowest BCUT2D eigenvalue weighted by Crippen LogP contribution is -2.38. The largest absolute Gasteiger partial charge is 0.439 e. The number of halogens is 3. The van der Waals surface area contributed by atoms with E-state index in [9.17, 15) is 18.3 Å². The molecule has 2 aromatic rings. The van der Waals surface area contributed by atoms with E-state index < -0.39 is 23.5 Å². The Kier molecular flexibility index (Phi) is 5.04. The third kappa shape index (κ3) is 4.11. The predicted octanol–water partition coefficient (Wildman–Crippen LogP) is 4.21. The van der Waals surface area contributed by atoms with E-state index in [1.165, 1.54) is 18.5 Å². The summed E-state index contributed by atoms with van der Waals surface area (Å²) in [5, 5.41) is 14.1. The van der Waals surface area contributed by atoms with Crippen LogP contribution in [0.15, 0.2) is 47.5 Å². The SMILES string of the molecule is OC(CC1N=CNC1=S)(c1ccc(Oc2ccccc2)nc1C(F)(F)F)C1CC1. The van der Waals surface area contributed by atoms with Crippen LogP contribution in [0.1, 0.15) is 30.5 Å². The summed E-state index contributed by atoms with van der Waals surface area (Å²) in [6.07, 6.45) is -2.13. The van der Waals surface area contributed by atoms with Crippen LogP contribution in [0, 0.1) is 5.92 Å². The number of hydrogen-bond donors (Lipinski definition) is 2. The van der Waals surface area contributed by atoms with Gasteiger partial charge in [-0.1, -0.05) is 30.4 Å². The van der Waals surface area contributed by atoms with Gasteiger partial charge in [0.2, 0.25) is 5.88 Å². The predicted molar refractivity (Wildman–Crippen MR) is 105 cm³/mol. The van der Waals surface area contributed by atoms with Gasteiger partial charge in [-0.3, -0.25) is 4.99 Å². The molecule has 0 spiro atoms. The molecule has 1 aliphatic carbocycles. The van der Waals surface area contributed by atoms with E-state index in [-0.39, 0.29) is 23.8 Å². The van der Waals surface area contributed by atoms with Crippen LogP contribution in [0.5, 0.6) is 11.6 Å². The molecule has 1 aromatic heterocycles. The monoisotopic (exact) mass is 421 g/mol. The molecule has 0 amide bonds. The van der Waals surface area contributed by atoms with Gasteiger partial charge in [-0.25, -0.2) is 4.98 Å². The molecule has 0 radical (unpaired) electrons. The van der Waals surface area contributed by atoms with Crippen molar-refractivity contribution >= 4 is 23.5 Å². The molecule has 1 fully saturated rings. The van der Waals surface area contributed by atoms with E-state index in [0.29, 0.717) is 23.6 Å². The molecule has 1 saturated carbocycles. The van der Waals surface area contributed by atoms with Crippen molar-refractivity contribution in [2.75, 3.05) is 0 Å². The zero-order valence-electron chi connectivity index (χ0n) is 15.2. The number of alkyl halides is 3. The van der Waals surface area contributed by atoms with Gasteiger partial charge in [-0.05, 0) is 37.0 Å². The van der Waals surface area contributed by atoms with Gasteiger partial charge >= 0.3 is 6.18 Å². The summed E-state index contributed by atoms with van der Waals surface area (Å²) in [7, 11) is 0. The minimum atomic E-state index is -4.76. The van der Waals surface area contributed by atoms with Crippen LogP contribution >= 0.6 is 12.2 Å². The Morgan fingerprint density at radius 2 is 1.86 bits per heavy atom. The molecule has 0 saturated heterocycles. The number of ether oxygens (including phenoxy) is 1. The van der Waals surface area contributed by atoms with Gasteiger partial charge in [-0.15, -0.1) is 0 Å². The van der Waals surface area contributed by atoms with Crippen LogP contribution in [0.25, 0.3) is 0 Å². The van der Waals surface area contributed by atoms with Crippen LogP contribution < -0.4 is 10.1 Å². The first-order chi connectivity index (χ1) is 13.8. The second-order valence-electron chi connectivity index (χ2n) is 7.16. The van der Waals surface area contributed by atoms with Crippen LogP contribution in [0.4, 0.5) is 13.2 Å². The lowest BCUT2D eigenvalue weighted by molar-refractivity contribution is -0.145. The van der Waals surface area contributed by atoms with Crippen LogP contribution in [0.3, 0.4) is 0 Å². The van der Waals surface area contributed by atoms with E-state index in [1.54, 1.807) is 30.3 Å². The summed E-state index contributed by atoms with van der Waals surface area (Å²) in [6.45, 7) is 0. The molecule has 0 bridgehead atoms.